The Labute approximate surface area is 212 Å². The Morgan fingerprint density at radius 3 is 2.39 bits per heavy atom. The number of hydrogen-bond acceptors (Lipinski definition) is 7. The first-order chi connectivity index (χ1) is 17.1. The van der Waals surface area contributed by atoms with Gasteiger partial charge in [0.05, 0.1) is 0 Å². The number of ether oxygens (including phenoxy) is 3. The molecule has 4 rings (SSSR count). The lowest BCUT2D eigenvalue weighted by Crippen LogP contribution is -2.47. The van der Waals surface area contributed by atoms with E-state index in [1.165, 1.54) is 0 Å². The van der Waals surface area contributed by atoms with Gasteiger partial charge in [-0.05, 0) is 69.1 Å². The number of hydrogen-bond donors (Lipinski definition) is 2. The van der Waals surface area contributed by atoms with E-state index in [0.29, 0.717) is 11.7 Å². The van der Waals surface area contributed by atoms with Crippen LogP contribution in [0.3, 0.4) is 0 Å². The van der Waals surface area contributed by atoms with Gasteiger partial charge in [-0.2, -0.15) is 0 Å². The standard InChI is InChI=1S/C29H36O7/c1-5-6-7-8-18-12-24(35-28(33)27(32)34-21-15-19(30)14-20(31)16-21)26-22-11-17(2)9-10-23(22)29(3,4)36-25(26)13-18/h12-17,22-23,30-31H,5-11H2,1-4H3/t17-,22+,23+/m0/s1. The molecule has 3 atom stereocenters. The summed E-state index contributed by atoms with van der Waals surface area (Å²) in [5, 5.41) is 19.2. The van der Waals surface area contributed by atoms with Crippen molar-refractivity contribution in [3.05, 3.63) is 41.5 Å². The molecule has 0 radical (unpaired) electrons. The lowest BCUT2D eigenvalue weighted by Gasteiger charge is -2.49. The van der Waals surface area contributed by atoms with Gasteiger partial charge in [-0.15, -0.1) is 0 Å². The maximum Gasteiger partial charge on any atom is 0.423 e. The van der Waals surface area contributed by atoms with E-state index in [4.69, 9.17) is 14.2 Å². The fourth-order valence-electron chi connectivity index (χ4n) is 5.72. The molecule has 1 fully saturated rings. The van der Waals surface area contributed by atoms with Gasteiger partial charge < -0.3 is 24.4 Å². The molecule has 2 aliphatic rings. The Bertz CT molecular complexity index is 1120. The highest BCUT2D eigenvalue weighted by atomic mass is 16.6. The van der Waals surface area contributed by atoms with Crippen LogP contribution in [0.4, 0.5) is 0 Å². The summed E-state index contributed by atoms with van der Waals surface area (Å²) in [6.45, 7) is 8.64. The first kappa shape index (κ1) is 25.9. The van der Waals surface area contributed by atoms with Crippen LogP contribution in [0.1, 0.15) is 83.3 Å². The number of aromatic hydroxyl groups is 2. The molecule has 7 heteroatoms. The fourth-order valence-corrected chi connectivity index (χ4v) is 5.72. The van der Waals surface area contributed by atoms with E-state index in [1.54, 1.807) is 0 Å². The van der Waals surface area contributed by atoms with Crippen molar-refractivity contribution in [1.82, 2.24) is 0 Å². The summed E-state index contributed by atoms with van der Waals surface area (Å²) in [5.41, 5.74) is 1.49. The number of esters is 2. The molecule has 0 bridgehead atoms. The van der Waals surface area contributed by atoms with E-state index < -0.39 is 11.9 Å². The molecule has 1 aliphatic heterocycles. The average Bonchev–Trinajstić information content (AvgIpc) is 2.77. The first-order valence-corrected chi connectivity index (χ1v) is 12.9. The number of carbonyl (C=O) groups excluding carboxylic acids is 2. The molecule has 1 heterocycles. The third-order valence-electron chi connectivity index (χ3n) is 7.44. The van der Waals surface area contributed by atoms with Crippen LogP contribution in [-0.4, -0.2) is 27.8 Å². The normalized spacial score (nSPS) is 22.1. The molecule has 0 spiro atoms. The smallest absolute Gasteiger partial charge is 0.423 e. The monoisotopic (exact) mass is 496 g/mol. The topological polar surface area (TPSA) is 102 Å². The van der Waals surface area contributed by atoms with Crippen LogP contribution in [0.15, 0.2) is 30.3 Å². The van der Waals surface area contributed by atoms with E-state index >= 15 is 0 Å². The van der Waals surface area contributed by atoms with Gasteiger partial charge in [-0.1, -0.05) is 33.1 Å². The predicted molar refractivity (Wildman–Crippen MR) is 135 cm³/mol. The summed E-state index contributed by atoms with van der Waals surface area (Å²) in [6.07, 6.45) is 7.09. The van der Waals surface area contributed by atoms with Crippen molar-refractivity contribution in [2.24, 2.45) is 11.8 Å². The van der Waals surface area contributed by atoms with Crippen molar-refractivity contribution in [3.63, 3.8) is 0 Å². The highest BCUT2D eigenvalue weighted by molar-refractivity contribution is 6.31. The van der Waals surface area contributed by atoms with Crippen LogP contribution < -0.4 is 14.2 Å². The van der Waals surface area contributed by atoms with Crippen LogP contribution in [-0.2, 0) is 16.0 Å². The minimum absolute atomic E-state index is 0.152. The number of unbranched alkanes of at least 4 members (excludes halogenated alkanes) is 2. The van der Waals surface area contributed by atoms with Crippen LogP contribution in [0.5, 0.6) is 28.7 Å². The molecule has 36 heavy (non-hydrogen) atoms. The van der Waals surface area contributed by atoms with E-state index in [0.717, 1.165) is 80.0 Å². The predicted octanol–water partition coefficient (Wildman–Crippen LogP) is 6.03. The van der Waals surface area contributed by atoms with Gasteiger partial charge in [0.1, 0.15) is 34.3 Å². The van der Waals surface area contributed by atoms with Crippen molar-refractivity contribution in [2.75, 3.05) is 0 Å². The maximum atomic E-state index is 12.8. The second-order valence-corrected chi connectivity index (χ2v) is 10.8. The number of rotatable bonds is 6. The number of phenolic OH excluding ortho intramolecular Hbond substituents is 2. The van der Waals surface area contributed by atoms with Gasteiger partial charge >= 0.3 is 11.9 Å². The molecule has 2 aromatic rings. The van der Waals surface area contributed by atoms with E-state index in [1.807, 2.05) is 6.07 Å². The number of fused-ring (bicyclic) bond motifs is 3. The Balaban J connectivity index is 1.66. The van der Waals surface area contributed by atoms with Gasteiger partial charge in [0.15, 0.2) is 0 Å². The zero-order valence-corrected chi connectivity index (χ0v) is 21.5. The van der Waals surface area contributed by atoms with Crippen LogP contribution >= 0.6 is 0 Å². The molecule has 0 unspecified atom stereocenters. The number of phenols is 2. The van der Waals surface area contributed by atoms with Gasteiger partial charge in [0.25, 0.3) is 0 Å². The van der Waals surface area contributed by atoms with Crippen LogP contribution in [0.2, 0.25) is 0 Å². The molecule has 0 saturated heterocycles. The first-order valence-electron chi connectivity index (χ1n) is 12.9. The molecule has 2 aromatic carbocycles. The molecule has 194 valence electrons. The maximum absolute atomic E-state index is 12.8. The zero-order chi connectivity index (χ0) is 26.0. The molecule has 2 N–H and O–H groups in total. The molecular weight excluding hydrogens is 460 g/mol. The number of aryl methyl sites for hydroxylation is 1. The van der Waals surface area contributed by atoms with E-state index in [9.17, 15) is 19.8 Å². The van der Waals surface area contributed by atoms with Gasteiger partial charge in [-0.25, -0.2) is 9.59 Å². The Morgan fingerprint density at radius 2 is 1.69 bits per heavy atom. The molecule has 0 amide bonds. The number of benzene rings is 2. The quantitative estimate of drug-likeness (QED) is 0.218. The minimum Gasteiger partial charge on any atom is -0.508 e. The molecular formula is C29H36O7. The Morgan fingerprint density at radius 1 is 1.00 bits per heavy atom. The third kappa shape index (κ3) is 5.61. The van der Waals surface area contributed by atoms with Crippen LogP contribution in [0.25, 0.3) is 0 Å². The lowest BCUT2D eigenvalue weighted by atomic mass is 9.64. The highest BCUT2D eigenvalue weighted by Crippen LogP contribution is 2.55. The van der Waals surface area contributed by atoms with Crippen LogP contribution in [0, 0.1) is 11.8 Å². The van der Waals surface area contributed by atoms with Crippen molar-refractivity contribution in [1.29, 1.82) is 0 Å². The number of carbonyl (C=O) groups is 2. The van der Waals surface area contributed by atoms with E-state index in [-0.39, 0.29) is 34.7 Å². The lowest BCUT2D eigenvalue weighted by molar-refractivity contribution is -0.156. The summed E-state index contributed by atoms with van der Waals surface area (Å²) in [4.78, 5) is 25.4. The zero-order valence-electron chi connectivity index (χ0n) is 21.5. The molecule has 7 nitrogen and oxygen atoms in total. The van der Waals surface area contributed by atoms with Crippen molar-refractivity contribution in [3.8, 4) is 28.7 Å². The van der Waals surface area contributed by atoms with Gasteiger partial charge in [0, 0.05) is 29.7 Å². The highest BCUT2D eigenvalue weighted by Gasteiger charge is 2.47. The molecule has 0 aromatic heterocycles. The van der Waals surface area contributed by atoms with Crippen molar-refractivity contribution in [2.45, 2.75) is 84.2 Å². The average molecular weight is 497 g/mol. The minimum atomic E-state index is -1.24. The van der Waals surface area contributed by atoms with Gasteiger partial charge in [-0.3, -0.25) is 0 Å². The summed E-state index contributed by atoms with van der Waals surface area (Å²) in [6, 6.07) is 7.27. The Hall–Kier alpha value is -3.22. The summed E-state index contributed by atoms with van der Waals surface area (Å²) >= 11 is 0. The Kier molecular flexibility index (Phi) is 7.48. The van der Waals surface area contributed by atoms with Gasteiger partial charge in [0.2, 0.25) is 0 Å². The SMILES string of the molecule is CCCCCc1cc(OC(=O)C(=O)Oc2cc(O)cc(O)c2)c2c(c1)OC(C)(C)[C@@H]1CC[C@H](C)C[C@@H]21. The van der Waals surface area contributed by atoms with E-state index in [2.05, 4.69) is 33.8 Å². The summed E-state index contributed by atoms with van der Waals surface area (Å²) in [7, 11) is 0. The van der Waals surface area contributed by atoms with Crippen molar-refractivity contribution >= 4 is 11.9 Å². The largest absolute Gasteiger partial charge is 0.508 e. The second kappa shape index (κ2) is 10.4. The molecule has 1 aliphatic carbocycles. The summed E-state index contributed by atoms with van der Waals surface area (Å²) in [5.74, 6) is -1.13. The van der Waals surface area contributed by atoms with Crippen molar-refractivity contribution < 1.29 is 34.0 Å². The summed E-state index contributed by atoms with van der Waals surface area (Å²) < 4.78 is 17.3. The third-order valence-corrected chi connectivity index (χ3v) is 7.44. The fraction of sp³-hybridized carbons (Fsp3) is 0.517. The molecule has 1 saturated carbocycles. The second-order valence-electron chi connectivity index (χ2n) is 10.8.